The van der Waals surface area contributed by atoms with Crippen LogP contribution in [-0.4, -0.2) is 19.9 Å². The zero-order chi connectivity index (χ0) is 13.1. The first kappa shape index (κ1) is 15.9. The van der Waals surface area contributed by atoms with Crippen molar-refractivity contribution in [3.05, 3.63) is 36.4 Å². The van der Waals surface area contributed by atoms with Gasteiger partial charge in [-0.2, -0.15) is 0 Å². The molecule has 2 rings (SSSR count). The third-order valence-electron chi connectivity index (χ3n) is 1.66. The van der Waals surface area contributed by atoms with Crippen LogP contribution in [0.1, 0.15) is 25.2 Å². The molecule has 2 N–H and O–H groups in total. The first-order chi connectivity index (χ1) is 8.95. The van der Waals surface area contributed by atoms with E-state index in [0.29, 0.717) is 0 Å². The number of aromatic nitrogens is 4. The quantitative estimate of drug-likeness (QED) is 0.577. The Morgan fingerprint density at radius 3 is 1.67 bits per heavy atom. The van der Waals surface area contributed by atoms with Crippen molar-refractivity contribution >= 4 is 41.2 Å². The summed E-state index contributed by atoms with van der Waals surface area (Å²) in [5.74, 6) is 1.92. The van der Waals surface area contributed by atoms with Crippen LogP contribution in [-0.2, 0) is 11.5 Å². The van der Waals surface area contributed by atoms with Gasteiger partial charge in [-0.1, -0.05) is 35.4 Å². The zero-order valence-electron chi connectivity index (χ0n) is 10.3. The number of imidazole rings is 2. The van der Waals surface area contributed by atoms with Crippen molar-refractivity contribution in [1.82, 2.24) is 19.9 Å². The monoisotopic (exact) mass is 320 g/mol. The fourth-order valence-corrected chi connectivity index (χ4v) is 6.67. The average molecular weight is 321 g/mol. The van der Waals surface area contributed by atoms with Crippen LogP contribution in [0, 0.1) is 0 Å². The van der Waals surface area contributed by atoms with E-state index in [0.717, 1.165) is 22.9 Å². The van der Waals surface area contributed by atoms with Crippen molar-refractivity contribution < 1.29 is 0 Å². The molecule has 0 saturated heterocycles. The maximum atomic E-state index is 3.97. The van der Waals surface area contributed by atoms with E-state index in [1.54, 1.807) is 32.3 Å². The maximum absolute atomic E-state index is 3.97. The van der Waals surface area contributed by atoms with Crippen LogP contribution in [0.25, 0.3) is 0 Å². The Hall–Kier alpha value is -0.180. The van der Waals surface area contributed by atoms with E-state index in [1.165, 1.54) is 0 Å². The number of hydrogen-bond acceptors (Lipinski definition) is 6. The third-order valence-corrected chi connectivity index (χ3v) is 7.95. The summed E-state index contributed by atoms with van der Waals surface area (Å²) < 4.78 is 0. The van der Waals surface area contributed by atoms with Crippen LogP contribution in [0.15, 0.2) is 25.0 Å². The zero-order valence-corrected chi connectivity index (χ0v) is 13.5. The van der Waals surface area contributed by atoms with Crippen molar-refractivity contribution in [2.75, 3.05) is 0 Å². The molecule has 0 aliphatic rings. The predicted octanol–water partition coefficient (Wildman–Crippen LogP) is 4.54. The minimum atomic E-state index is 0.961. The lowest BCUT2D eigenvalue weighted by Crippen LogP contribution is -1.75. The largest absolute Gasteiger partial charge is 0.348 e. The van der Waals surface area contributed by atoms with Gasteiger partial charge in [-0.15, -0.1) is 0 Å². The minimum absolute atomic E-state index is 0.961. The van der Waals surface area contributed by atoms with Crippen LogP contribution < -0.4 is 0 Å². The van der Waals surface area contributed by atoms with Crippen LogP contribution in [0.2, 0.25) is 0 Å². The fraction of sp³-hybridized carbons (Fsp3) is 0.400. The molecule has 0 radical (unpaired) electrons. The molecule has 2 aromatic rings. The van der Waals surface area contributed by atoms with E-state index >= 15 is 0 Å². The summed E-state index contributed by atoms with van der Waals surface area (Å²) >= 11 is 0. The lowest BCUT2D eigenvalue weighted by atomic mass is 10.6. The topological polar surface area (TPSA) is 57.4 Å². The summed E-state index contributed by atoms with van der Waals surface area (Å²) in [6.45, 7) is 4.00. The molecule has 0 amide bonds. The molecule has 2 heterocycles. The molecular weight excluding hydrogens is 304 g/mol. The fourth-order valence-electron chi connectivity index (χ4n) is 0.942. The summed E-state index contributed by atoms with van der Waals surface area (Å²) in [6.07, 6.45) is 7.13. The highest BCUT2D eigenvalue weighted by molar-refractivity contribution is 9.25. The summed E-state index contributed by atoms with van der Waals surface area (Å²) in [4.78, 5) is 14.1. The van der Waals surface area contributed by atoms with Gasteiger partial charge in [-0.25, -0.2) is 9.97 Å². The second-order valence-corrected chi connectivity index (χ2v) is 8.82. The molecule has 0 unspecified atom stereocenters. The molecule has 0 aromatic carbocycles. The van der Waals surface area contributed by atoms with Crippen molar-refractivity contribution in [2.24, 2.45) is 0 Å². The van der Waals surface area contributed by atoms with Crippen molar-refractivity contribution in [2.45, 2.75) is 25.4 Å². The Morgan fingerprint density at radius 2 is 1.33 bits per heavy atom. The summed E-state index contributed by atoms with van der Waals surface area (Å²) in [5.41, 5.74) is 2.33. The highest BCUT2D eigenvalue weighted by Gasteiger charge is 1.98. The highest BCUT2D eigenvalue weighted by atomic mass is 33.7. The van der Waals surface area contributed by atoms with Crippen molar-refractivity contribution in [3.8, 4) is 0 Å². The van der Waals surface area contributed by atoms with Crippen molar-refractivity contribution in [3.63, 3.8) is 0 Å². The highest BCUT2D eigenvalue weighted by Crippen LogP contribution is 2.44. The van der Waals surface area contributed by atoms with E-state index in [4.69, 9.17) is 0 Å². The van der Waals surface area contributed by atoms with Gasteiger partial charge in [0.2, 0.25) is 0 Å². The van der Waals surface area contributed by atoms with Crippen LogP contribution in [0.5, 0.6) is 0 Å². The molecule has 8 heteroatoms. The van der Waals surface area contributed by atoms with Gasteiger partial charge in [0.1, 0.15) is 0 Å². The van der Waals surface area contributed by atoms with E-state index in [1.807, 2.05) is 47.8 Å². The molecule has 0 bridgehead atoms. The smallest absolute Gasteiger partial charge is 0.0921 e. The number of aromatic amines is 2. The van der Waals surface area contributed by atoms with Crippen LogP contribution in [0.4, 0.5) is 0 Å². The predicted molar refractivity (Wildman–Crippen MR) is 86.3 cm³/mol. The first-order valence-electron chi connectivity index (χ1n) is 5.47. The van der Waals surface area contributed by atoms with Crippen LogP contribution in [0.3, 0.4) is 0 Å². The summed E-state index contributed by atoms with van der Waals surface area (Å²) in [5, 5.41) is 0. The van der Waals surface area contributed by atoms with Gasteiger partial charge in [-0.05, 0) is 19.7 Å². The minimum Gasteiger partial charge on any atom is -0.348 e. The summed E-state index contributed by atoms with van der Waals surface area (Å²) in [6, 6.07) is 0. The van der Waals surface area contributed by atoms with Gasteiger partial charge in [0, 0.05) is 35.3 Å². The summed E-state index contributed by atoms with van der Waals surface area (Å²) in [7, 11) is 7.19. The van der Waals surface area contributed by atoms with E-state index in [2.05, 4.69) is 19.9 Å². The van der Waals surface area contributed by atoms with Gasteiger partial charge in [0.05, 0.1) is 12.7 Å². The maximum Gasteiger partial charge on any atom is 0.0921 e. The molecule has 0 atom stereocenters. The normalized spacial score (nSPS) is 9.89. The number of hydrogen-bond donors (Lipinski definition) is 2. The number of H-pyrrole nitrogens is 2. The molecule has 0 fully saturated rings. The molecule has 0 aliphatic heterocycles. The Balaban J connectivity index is 0.000000771. The van der Waals surface area contributed by atoms with Crippen LogP contribution >= 0.6 is 41.2 Å². The van der Waals surface area contributed by atoms with Gasteiger partial charge in [0.25, 0.3) is 0 Å². The molecule has 4 nitrogen and oxygen atoms in total. The molecule has 0 saturated carbocycles. The number of nitrogens with zero attached hydrogens (tertiary/aromatic N) is 2. The third kappa shape index (κ3) is 6.67. The Morgan fingerprint density at radius 1 is 0.889 bits per heavy atom. The Labute approximate surface area is 123 Å². The standard InChI is InChI=1S/C8H10N4S4.C2H6/c1-7(11-5-9-1)3-13-15-16-14-4-8-2-10-6-12-8;1-2/h1-2,5-6H,3-4H2,(H,9,11)(H,10,12);1-2H3. The molecular formula is C10H16N4S4. The van der Waals surface area contributed by atoms with E-state index < -0.39 is 0 Å². The van der Waals surface area contributed by atoms with E-state index in [-0.39, 0.29) is 0 Å². The Kier molecular flexibility index (Phi) is 9.45. The van der Waals surface area contributed by atoms with Gasteiger partial charge in [0.15, 0.2) is 0 Å². The molecule has 2 aromatic heterocycles. The van der Waals surface area contributed by atoms with Gasteiger partial charge >= 0.3 is 0 Å². The number of rotatable bonds is 7. The molecule has 0 aliphatic carbocycles. The average Bonchev–Trinajstić information content (AvgIpc) is 3.09. The lowest BCUT2D eigenvalue weighted by Gasteiger charge is -1.97. The van der Waals surface area contributed by atoms with Gasteiger partial charge in [-0.3, -0.25) is 0 Å². The Bertz CT molecular complexity index is 338. The van der Waals surface area contributed by atoms with E-state index in [9.17, 15) is 0 Å². The van der Waals surface area contributed by atoms with Gasteiger partial charge < -0.3 is 9.97 Å². The van der Waals surface area contributed by atoms with Crippen molar-refractivity contribution in [1.29, 1.82) is 0 Å². The first-order valence-corrected chi connectivity index (χ1v) is 10.6. The molecule has 0 spiro atoms. The SMILES string of the molecule is CC.c1ncc(CSSSSCc2cnc[nH]2)[nH]1. The number of nitrogens with one attached hydrogen (secondary N) is 2. The molecule has 18 heavy (non-hydrogen) atoms. The lowest BCUT2D eigenvalue weighted by molar-refractivity contribution is 1.23. The second-order valence-electron chi connectivity index (χ2n) is 2.81. The molecule has 100 valence electrons. The second kappa shape index (κ2) is 10.7.